The van der Waals surface area contributed by atoms with Crippen molar-refractivity contribution in [2.45, 2.75) is 33.6 Å². The summed E-state index contributed by atoms with van der Waals surface area (Å²) in [6, 6.07) is 1.99. The maximum absolute atomic E-state index is 12.3. The van der Waals surface area contributed by atoms with Gasteiger partial charge in [-0.1, -0.05) is 13.8 Å². The van der Waals surface area contributed by atoms with Gasteiger partial charge in [0.15, 0.2) is 0 Å². The second-order valence-electron chi connectivity index (χ2n) is 7.39. The van der Waals surface area contributed by atoms with Crippen molar-refractivity contribution in [2.24, 2.45) is 5.92 Å². The lowest BCUT2D eigenvalue weighted by Gasteiger charge is -2.19. The molecule has 0 spiro atoms. The SMILES string of the molecule is CNC(=O)c1cc2c(nc1NCC(C)C)CCN(c1ncc(C)cn1)CC2. The first-order valence-corrected chi connectivity index (χ1v) is 9.50. The van der Waals surface area contributed by atoms with Crippen molar-refractivity contribution < 1.29 is 4.79 Å². The molecule has 2 aromatic heterocycles. The van der Waals surface area contributed by atoms with Crippen LogP contribution in [0.3, 0.4) is 0 Å². The van der Waals surface area contributed by atoms with E-state index in [-0.39, 0.29) is 5.91 Å². The topological polar surface area (TPSA) is 83.0 Å². The van der Waals surface area contributed by atoms with Crippen molar-refractivity contribution in [2.75, 3.05) is 36.9 Å². The lowest BCUT2D eigenvalue weighted by atomic mass is 10.0. The zero-order valence-corrected chi connectivity index (χ0v) is 16.5. The number of carbonyl (C=O) groups excluding carboxylic acids is 1. The predicted molar refractivity (Wildman–Crippen MR) is 107 cm³/mol. The van der Waals surface area contributed by atoms with Crippen molar-refractivity contribution in [3.05, 3.63) is 40.8 Å². The van der Waals surface area contributed by atoms with Crippen LogP contribution < -0.4 is 15.5 Å². The fraction of sp³-hybridized carbons (Fsp3) is 0.500. The third-order valence-electron chi connectivity index (χ3n) is 4.66. The molecule has 0 radical (unpaired) electrons. The van der Waals surface area contributed by atoms with Crippen LogP contribution in [-0.4, -0.2) is 47.5 Å². The summed E-state index contributed by atoms with van der Waals surface area (Å²) in [5.74, 6) is 1.77. The first-order chi connectivity index (χ1) is 13.0. The number of rotatable bonds is 5. The fourth-order valence-electron chi connectivity index (χ4n) is 3.13. The van der Waals surface area contributed by atoms with Gasteiger partial charge in [-0.15, -0.1) is 0 Å². The lowest BCUT2D eigenvalue weighted by Crippen LogP contribution is -2.27. The summed E-state index contributed by atoms with van der Waals surface area (Å²) in [5, 5.41) is 6.06. The number of hydrogen-bond acceptors (Lipinski definition) is 6. The highest BCUT2D eigenvalue weighted by atomic mass is 16.1. The van der Waals surface area contributed by atoms with Crippen LogP contribution in [0.5, 0.6) is 0 Å². The predicted octanol–water partition coefficient (Wildman–Crippen LogP) is 2.21. The Bertz CT molecular complexity index is 803. The average molecular weight is 368 g/mol. The number of aromatic nitrogens is 3. The zero-order valence-electron chi connectivity index (χ0n) is 16.5. The molecule has 1 aliphatic heterocycles. The second kappa shape index (κ2) is 8.33. The summed E-state index contributed by atoms with van der Waals surface area (Å²) in [5.41, 5.74) is 3.83. The highest BCUT2D eigenvalue weighted by Crippen LogP contribution is 2.23. The summed E-state index contributed by atoms with van der Waals surface area (Å²) in [4.78, 5) is 28.2. The van der Waals surface area contributed by atoms with E-state index in [1.54, 1.807) is 7.05 Å². The average Bonchev–Trinajstić information content (AvgIpc) is 2.87. The summed E-state index contributed by atoms with van der Waals surface area (Å²) < 4.78 is 0. The number of fused-ring (bicyclic) bond motifs is 1. The Morgan fingerprint density at radius 1 is 1.22 bits per heavy atom. The number of aryl methyl sites for hydroxylation is 1. The van der Waals surface area contributed by atoms with Crippen molar-refractivity contribution in [1.29, 1.82) is 0 Å². The summed E-state index contributed by atoms with van der Waals surface area (Å²) in [7, 11) is 1.65. The molecule has 0 saturated carbocycles. The molecular weight excluding hydrogens is 340 g/mol. The molecule has 0 aliphatic carbocycles. The number of nitrogens with one attached hydrogen (secondary N) is 2. The molecule has 0 aromatic carbocycles. The Balaban J connectivity index is 1.86. The quantitative estimate of drug-likeness (QED) is 0.842. The first-order valence-electron chi connectivity index (χ1n) is 9.50. The van der Waals surface area contributed by atoms with E-state index in [0.29, 0.717) is 17.3 Å². The van der Waals surface area contributed by atoms with Crippen LogP contribution >= 0.6 is 0 Å². The Labute approximate surface area is 160 Å². The van der Waals surface area contributed by atoms with Gasteiger partial charge in [0.05, 0.1) is 5.56 Å². The van der Waals surface area contributed by atoms with Crippen LogP contribution in [0.25, 0.3) is 0 Å². The molecule has 7 nitrogen and oxygen atoms in total. The molecule has 27 heavy (non-hydrogen) atoms. The number of pyridine rings is 1. The van der Waals surface area contributed by atoms with Crippen molar-refractivity contribution in [1.82, 2.24) is 20.3 Å². The van der Waals surface area contributed by atoms with Crippen LogP contribution in [-0.2, 0) is 12.8 Å². The minimum Gasteiger partial charge on any atom is -0.369 e. The highest BCUT2D eigenvalue weighted by Gasteiger charge is 2.21. The summed E-state index contributed by atoms with van der Waals surface area (Å²) in [6.07, 6.45) is 5.30. The third-order valence-corrected chi connectivity index (χ3v) is 4.66. The molecule has 1 amide bonds. The largest absolute Gasteiger partial charge is 0.369 e. The molecule has 0 saturated heterocycles. The van der Waals surface area contributed by atoms with Gasteiger partial charge < -0.3 is 15.5 Å². The Morgan fingerprint density at radius 2 is 1.93 bits per heavy atom. The van der Waals surface area contributed by atoms with E-state index in [2.05, 4.69) is 39.3 Å². The van der Waals surface area contributed by atoms with Crippen molar-refractivity contribution in [3.8, 4) is 0 Å². The van der Waals surface area contributed by atoms with Gasteiger partial charge in [-0.2, -0.15) is 0 Å². The van der Waals surface area contributed by atoms with E-state index < -0.39 is 0 Å². The van der Waals surface area contributed by atoms with E-state index in [1.807, 2.05) is 25.4 Å². The van der Waals surface area contributed by atoms with E-state index in [4.69, 9.17) is 4.98 Å². The van der Waals surface area contributed by atoms with Gasteiger partial charge in [-0.3, -0.25) is 4.79 Å². The Hall–Kier alpha value is -2.70. The molecule has 7 heteroatoms. The molecule has 3 rings (SSSR count). The number of nitrogens with zero attached hydrogens (tertiary/aromatic N) is 4. The second-order valence-corrected chi connectivity index (χ2v) is 7.39. The summed E-state index contributed by atoms with van der Waals surface area (Å²) in [6.45, 7) is 8.65. The maximum Gasteiger partial charge on any atom is 0.254 e. The molecule has 0 unspecified atom stereocenters. The number of amides is 1. The minimum absolute atomic E-state index is 0.112. The molecule has 0 atom stereocenters. The normalized spacial score (nSPS) is 13.9. The number of carbonyl (C=O) groups is 1. The molecule has 2 N–H and O–H groups in total. The van der Waals surface area contributed by atoms with E-state index >= 15 is 0 Å². The van der Waals surface area contributed by atoms with Crippen LogP contribution in [0.2, 0.25) is 0 Å². The molecule has 3 heterocycles. The zero-order chi connectivity index (χ0) is 19.4. The van der Waals surface area contributed by atoms with Gasteiger partial charge in [0.1, 0.15) is 5.82 Å². The van der Waals surface area contributed by atoms with Gasteiger partial charge in [-0.05, 0) is 36.5 Å². The monoisotopic (exact) mass is 368 g/mol. The first kappa shape index (κ1) is 19.1. The van der Waals surface area contributed by atoms with Gasteiger partial charge in [0.25, 0.3) is 5.91 Å². The third kappa shape index (κ3) is 4.53. The van der Waals surface area contributed by atoms with E-state index in [0.717, 1.165) is 55.2 Å². The fourth-order valence-corrected chi connectivity index (χ4v) is 3.13. The van der Waals surface area contributed by atoms with Crippen LogP contribution in [0, 0.1) is 12.8 Å². The number of hydrogen-bond donors (Lipinski definition) is 2. The van der Waals surface area contributed by atoms with Crippen molar-refractivity contribution in [3.63, 3.8) is 0 Å². The van der Waals surface area contributed by atoms with E-state index in [1.165, 1.54) is 0 Å². The Morgan fingerprint density at radius 3 is 2.59 bits per heavy atom. The Kier molecular flexibility index (Phi) is 5.88. The smallest absolute Gasteiger partial charge is 0.254 e. The van der Waals surface area contributed by atoms with Gasteiger partial charge in [-0.25, -0.2) is 15.0 Å². The molecule has 0 bridgehead atoms. The van der Waals surface area contributed by atoms with Gasteiger partial charge in [0.2, 0.25) is 5.95 Å². The minimum atomic E-state index is -0.112. The maximum atomic E-state index is 12.3. The van der Waals surface area contributed by atoms with Crippen LogP contribution in [0.1, 0.15) is 41.0 Å². The highest BCUT2D eigenvalue weighted by molar-refractivity contribution is 5.98. The van der Waals surface area contributed by atoms with Crippen molar-refractivity contribution >= 4 is 17.7 Å². The molecule has 2 aromatic rings. The molecular formula is C20H28N6O. The molecule has 1 aliphatic rings. The number of anilines is 2. The van der Waals surface area contributed by atoms with Crippen LogP contribution in [0.4, 0.5) is 11.8 Å². The molecule has 144 valence electrons. The van der Waals surface area contributed by atoms with Gasteiger partial charge in [0, 0.05) is 51.2 Å². The van der Waals surface area contributed by atoms with Gasteiger partial charge >= 0.3 is 0 Å². The van der Waals surface area contributed by atoms with E-state index in [9.17, 15) is 4.79 Å². The standard InChI is InChI=1S/C20H28N6O/c1-13(2)10-22-18-16(19(27)21-4)9-15-5-7-26(8-6-17(15)25-18)20-23-11-14(3)12-24-20/h9,11-13H,5-8,10H2,1-4H3,(H,21,27)(H,22,25). The summed E-state index contributed by atoms with van der Waals surface area (Å²) >= 11 is 0. The lowest BCUT2D eigenvalue weighted by molar-refractivity contribution is 0.0963. The molecule has 0 fully saturated rings. The van der Waals surface area contributed by atoms with Crippen LogP contribution in [0.15, 0.2) is 18.5 Å².